The molecule has 18 heavy (non-hydrogen) atoms. The topological polar surface area (TPSA) is 59.9 Å². The summed E-state index contributed by atoms with van der Waals surface area (Å²) in [4.78, 5) is 12.4. The number of pyridine rings is 1. The van der Waals surface area contributed by atoms with Crippen molar-refractivity contribution in [1.29, 1.82) is 0 Å². The van der Waals surface area contributed by atoms with E-state index in [0.29, 0.717) is 11.8 Å². The lowest BCUT2D eigenvalue weighted by molar-refractivity contribution is 0.394. The molecule has 6 heteroatoms. The normalized spacial score (nSPS) is 10.1. The Balaban J connectivity index is 1.91. The van der Waals surface area contributed by atoms with E-state index in [9.17, 15) is 0 Å². The minimum atomic E-state index is 0.522. The Labute approximate surface area is 114 Å². The Morgan fingerprint density at radius 3 is 3.00 bits per heavy atom. The number of halogens is 1. The lowest BCUT2D eigenvalue weighted by Gasteiger charge is -2.07. The van der Waals surface area contributed by atoms with Crippen LogP contribution in [0.4, 0.5) is 5.95 Å². The van der Waals surface area contributed by atoms with Crippen LogP contribution in [0, 0.1) is 0 Å². The number of rotatable bonds is 5. The van der Waals surface area contributed by atoms with Gasteiger partial charge in [-0.05, 0) is 34.0 Å². The van der Waals surface area contributed by atoms with E-state index >= 15 is 0 Å². The molecule has 0 saturated heterocycles. The van der Waals surface area contributed by atoms with E-state index in [4.69, 9.17) is 4.74 Å². The van der Waals surface area contributed by atoms with Gasteiger partial charge in [0.1, 0.15) is 0 Å². The SMILES string of the molecule is COc1nc(NCCc2cccnc2)ncc1Br. The summed E-state index contributed by atoms with van der Waals surface area (Å²) in [6.07, 6.45) is 6.15. The average molecular weight is 309 g/mol. The highest BCUT2D eigenvalue weighted by molar-refractivity contribution is 9.10. The van der Waals surface area contributed by atoms with Crippen LogP contribution in [0.2, 0.25) is 0 Å². The maximum absolute atomic E-state index is 5.10. The molecule has 0 aliphatic carbocycles. The molecule has 0 amide bonds. The van der Waals surface area contributed by atoms with Gasteiger partial charge in [0.15, 0.2) is 0 Å². The first-order valence-electron chi connectivity index (χ1n) is 5.49. The number of anilines is 1. The highest BCUT2D eigenvalue weighted by atomic mass is 79.9. The highest BCUT2D eigenvalue weighted by Crippen LogP contribution is 2.21. The molecule has 0 spiro atoms. The quantitative estimate of drug-likeness (QED) is 0.918. The molecule has 0 atom stereocenters. The summed E-state index contributed by atoms with van der Waals surface area (Å²) in [6.45, 7) is 0.747. The smallest absolute Gasteiger partial charge is 0.232 e. The third-order valence-corrected chi connectivity index (χ3v) is 2.87. The molecule has 0 aliphatic rings. The van der Waals surface area contributed by atoms with Crippen molar-refractivity contribution < 1.29 is 4.74 Å². The second-order valence-electron chi connectivity index (χ2n) is 3.59. The van der Waals surface area contributed by atoms with Crippen molar-refractivity contribution in [3.05, 3.63) is 40.8 Å². The Bertz CT molecular complexity index is 507. The average Bonchev–Trinajstić information content (AvgIpc) is 2.42. The second kappa shape index (κ2) is 6.30. The molecule has 0 aliphatic heterocycles. The summed E-state index contributed by atoms with van der Waals surface area (Å²) in [5, 5.41) is 3.14. The fourth-order valence-electron chi connectivity index (χ4n) is 1.44. The first kappa shape index (κ1) is 12.8. The Morgan fingerprint density at radius 1 is 1.39 bits per heavy atom. The lowest BCUT2D eigenvalue weighted by atomic mass is 10.2. The molecule has 0 aromatic carbocycles. The van der Waals surface area contributed by atoms with Gasteiger partial charge in [0, 0.05) is 18.9 Å². The van der Waals surface area contributed by atoms with Gasteiger partial charge in [-0.25, -0.2) is 4.98 Å². The standard InChI is InChI=1S/C12H13BrN4O/c1-18-11-10(13)8-16-12(17-11)15-6-4-9-3-2-5-14-7-9/h2-3,5,7-8H,4,6H2,1H3,(H,15,16,17). The molecule has 2 rings (SSSR count). The van der Waals surface area contributed by atoms with Crippen LogP contribution in [-0.4, -0.2) is 28.6 Å². The fraction of sp³-hybridized carbons (Fsp3) is 0.250. The zero-order valence-corrected chi connectivity index (χ0v) is 11.5. The van der Waals surface area contributed by atoms with Gasteiger partial charge in [-0.15, -0.1) is 0 Å². The minimum Gasteiger partial charge on any atom is -0.480 e. The van der Waals surface area contributed by atoms with Gasteiger partial charge >= 0.3 is 0 Å². The monoisotopic (exact) mass is 308 g/mol. The van der Waals surface area contributed by atoms with Crippen molar-refractivity contribution in [3.8, 4) is 5.88 Å². The van der Waals surface area contributed by atoms with Gasteiger partial charge in [0.05, 0.1) is 17.8 Å². The number of nitrogens with zero attached hydrogens (tertiary/aromatic N) is 3. The molecule has 2 aromatic heterocycles. The maximum atomic E-state index is 5.10. The van der Waals surface area contributed by atoms with E-state index < -0.39 is 0 Å². The Kier molecular flexibility index (Phi) is 4.46. The zero-order valence-electron chi connectivity index (χ0n) is 9.93. The van der Waals surface area contributed by atoms with E-state index in [1.807, 2.05) is 18.3 Å². The largest absolute Gasteiger partial charge is 0.480 e. The van der Waals surface area contributed by atoms with Crippen molar-refractivity contribution in [1.82, 2.24) is 15.0 Å². The maximum Gasteiger partial charge on any atom is 0.232 e. The molecule has 2 aromatic rings. The van der Waals surface area contributed by atoms with Gasteiger partial charge in [0.25, 0.3) is 0 Å². The number of hydrogen-bond donors (Lipinski definition) is 1. The Morgan fingerprint density at radius 2 is 2.28 bits per heavy atom. The molecule has 0 unspecified atom stereocenters. The second-order valence-corrected chi connectivity index (χ2v) is 4.44. The van der Waals surface area contributed by atoms with E-state index in [-0.39, 0.29) is 0 Å². The first-order chi connectivity index (χ1) is 8.79. The van der Waals surface area contributed by atoms with Crippen molar-refractivity contribution in [2.75, 3.05) is 19.0 Å². The van der Waals surface area contributed by atoms with Crippen molar-refractivity contribution in [2.45, 2.75) is 6.42 Å². The molecule has 0 fully saturated rings. The molecular formula is C12H13BrN4O. The zero-order chi connectivity index (χ0) is 12.8. The summed E-state index contributed by atoms with van der Waals surface area (Å²) >= 11 is 3.31. The number of nitrogens with one attached hydrogen (secondary N) is 1. The summed E-state index contributed by atoms with van der Waals surface area (Å²) < 4.78 is 5.84. The summed E-state index contributed by atoms with van der Waals surface area (Å²) in [5.41, 5.74) is 1.18. The fourth-order valence-corrected chi connectivity index (χ4v) is 1.80. The molecule has 2 heterocycles. The Hall–Kier alpha value is -1.69. The number of aromatic nitrogens is 3. The molecule has 0 saturated carbocycles. The predicted molar refractivity (Wildman–Crippen MR) is 72.7 cm³/mol. The number of methoxy groups -OCH3 is 1. The minimum absolute atomic E-state index is 0.522. The van der Waals surface area contributed by atoms with E-state index in [2.05, 4.69) is 36.2 Å². The highest BCUT2D eigenvalue weighted by Gasteiger charge is 2.04. The van der Waals surface area contributed by atoms with E-state index in [1.54, 1.807) is 19.5 Å². The predicted octanol–water partition coefficient (Wildman–Crippen LogP) is 2.30. The molecule has 5 nitrogen and oxygen atoms in total. The molecule has 0 radical (unpaired) electrons. The van der Waals surface area contributed by atoms with Gasteiger partial charge < -0.3 is 10.1 Å². The van der Waals surface area contributed by atoms with E-state index in [1.165, 1.54) is 5.56 Å². The van der Waals surface area contributed by atoms with Gasteiger partial charge in [0.2, 0.25) is 11.8 Å². The van der Waals surface area contributed by atoms with Gasteiger partial charge in [-0.1, -0.05) is 6.07 Å². The molecular weight excluding hydrogens is 296 g/mol. The van der Waals surface area contributed by atoms with Crippen LogP contribution in [0.15, 0.2) is 35.2 Å². The summed E-state index contributed by atoms with van der Waals surface area (Å²) in [5.74, 6) is 1.08. The van der Waals surface area contributed by atoms with Crippen LogP contribution >= 0.6 is 15.9 Å². The van der Waals surface area contributed by atoms with Crippen LogP contribution in [0.25, 0.3) is 0 Å². The summed E-state index contributed by atoms with van der Waals surface area (Å²) in [6, 6.07) is 3.96. The molecule has 0 bridgehead atoms. The van der Waals surface area contributed by atoms with Crippen LogP contribution in [0.1, 0.15) is 5.56 Å². The first-order valence-corrected chi connectivity index (χ1v) is 6.28. The van der Waals surface area contributed by atoms with Crippen LogP contribution in [0.5, 0.6) is 5.88 Å². The molecule has 1 N–H and O–H groups in total. The molecule has 94 valence electrons. The third kappa shape index (κ3) is 3.40. The summed E-state index contributed by atoms with van der Waals surface area (Å²) in [7, 11) is 1.58. The number of hydrogen-bond acceptors (Lipinski definition) is 5. The van der Waals surface area contributed by atoms with Crippen molar-refractivity contribution >= 4 is 21.9 Å². The van der Waals surface area contributed by atoms with Crippen LogP contribution in [0.3, 0.4) is 0 Å². The van der Waals surface area contributed by atoms with Gasteiger partial charge in [-0.3, -0.25) is 4.98 Å². The van der Waals surface area contributed by atoms with Gasteiger partial charge in [-0.2, -0.15) is 4.98 Å². The third-order valence-electron chi connectivity index (χ3n) is 2.32. The lowest BCUT2D eigenvalue weighted by Crippen LogP contribution is -2.08. The van der Waals surface area contributed by atoms with Crippen LogP contribution < -0.4 is 10.1 Å². The van der Waals surface area contributed by atoms with E-state index in [0.717, 1.165) is 17.4 Å². The van der Waals surface area contributed by atoms with Crippen LogP contribution in [-0.2, 0) is 6.42 Å². The van der Waals surface area contributed by atoms with Crippen molar-refractivity contribution in [2.24, 2.45) is 0 Å². The van der Waals surface area contributed by atoms with Crippen molar-refractivity contribution in [3.63, 3.8) is 0 Å². The number of ether oxygens (including phenoxy) is 1.